The number of aliphatic hydroxyl groups is 1. The van der Waals surface area contributed by atoms with Crippen molar-refractivity contribution in [2.45, 2.75) is 6.10 Å². The molecule has 1 atom stereocenters. The van der Waals surface area contributed by atoms with E-state index >= 15 is 0 Å². The summed E-state index contributed by atoms with van der Waals surface area (Å²) < 4.78 is 0. The first-order valence-electron chi connectivity index (χ1n) is 6.74. The maximum absolute atomic E-state index is 9.79. The monoisotopic (exact) mass is 283 g/mol. The van der Waals surface area contributed by atoms with Gasteiger partial charge in [-0.05, 0) is 25.2 Å². The molecule has 1 aromatic carbocycles. The molecule has 4 nitrogen and oxygen atoms in total. The van der Waals surface area contributed by atoms with Gasteiger partial charge in [0.1, 0.15) is 0 Å². The zero-order valence-electron chi connectivity index (χ0n) is 11.3. The fourth-order valence-electron chi connectivity index (χ4n) is 2.46. The van der Waals surface area contributed by atoms with Crippen LogP contribution in [0.2, 0.25) is 5.02 Å². The van der Waals surface area contributed by atoms with Crippen LogP contribution < -0.4 is 10.2 Å². The number of piperazine rings is 1. The quantitative estimate of drug-likeness (QED) is 0.847. The number of nitrogens with zero attached hydrogens (tertiary/aromatic N) is 2. The van der Waals surface area contributed by atoms with Gasteiger partial charge in [-0.2, -0.15) is 0 Å². The second kappa shape index (κ2) is 7.10. The standard InChI is InChI=1S/C14H22ClN3O/c1-16-10-14(19)11-17-5-7-18(8-6-17)13-4-2-3-12(15)9-13/h2-4,9,14,16,19H,5-8,10-11H2,1H3. The summed E-state index contributed by atoms with van der Waals surface area (Å²) in [6.45, 7) is 5.30. The van der Waals surface area contributed by atoms with E-state index in [1.165, 1.54) is 5.69 Å². The molecule has 0 saturated carbocycles. The zero-order chi connectivity index (χ0) is 13.7. The molecule has 1 aromatic rings. The first-order chi connectivity index (χ1) is 9.19. The summed E-state index contributed by atoms with van der Waals surface area (Å²) >= 11 is 6.02. The predicted octanol–water partition coefficient (Wildman–Crippen LogP) is 1.04. The van der Waals surface area contributed by atoms with E-state index in [9.17, 15) is 5.11 Å². The highest BCUT2D eigenvalue weighted by molar-refractivity contribution is 6.30. The highest BCUT2D eigenvalue weighted by Gasteiger charge is 2.19. The van der Waals surface area contributed by atoms with Gasteiger partial charge in [0.25, 0.3) is 0 Å². The number of halogens is 1. The van der Waals surface area contributed by atoms with E-state index in [4.69, 9.17) is 11.6 Å². The summed E-state index contributed by atoms with van der Waals surface area (Å²) in [7, 11) is 1.86. The van der Waals surface area contributed by atoms with Crippen LogP contribution in [-0.2, 0) is 0 Å². The van der Waals surface area contributed by atoms with Crippen LogP contribution in [0.3, 0.4) is 0 Å². The van der Waals surface area contributed by atoms with E-state index in [1.807, 2.05) is 25.2 Å². The Hall–Kier alpha value is -0.810. The molecule has 5 heteroatoms. The normalized spacial score (nSPS) is 18.6. The van der Waals surface area contributed by atoms with Crippen molar-refractivity contribution in [2.75, 3.05) is 51.2 Å². The summed E-state index contributed by atoms with van der Waals surface area (Å²) in [4.78, 5) is 4.65. The SMILES string of the molecule is CNCC(O)CN1CCN(c2cccc(Cl)c2)CC1. The number of anilines is 1. The first-order valence-corrected chi connectivity index (χ1v) is 7.12. The molecular weight excluding hydrogens is 262 g/mol. The van der Waals surface area contributed by atoms with Crippen LogP contribution in [-0.4, -0.2) is 62.4 Å². The Morgan fingerprint density at radius 1 is 1.32 bits per heavy atom. The second-order valence-corrected chi connectivity index (χ2v) is 5.42. The number of hydrogen-bond donors (Lipinski definition) is 2. The Morgan fingerprint density at radius 3 is 2.68 bits per heavy atom. The molecule has 2 N–H and O–H groups in total. The number of rotatable bonds is 5. The van der Waals surface area contributed by atoms with Gasteiger partial charge >= 0.3 is 0 Å². The molecule has 1 fully saturated rings. The molecular formula is C14H22ClN3O. The average molecular weight is 284 g/mol. The van der Waals surface area contributed by atoms with E-state index in [0.717, 1.165) is 37.7 Å². The summed E-state index contributed by atoms with van der Waals surface area (Å²) in [5.74, 6) is 0. The molecule has 1 saturated heterocycles. The van der Waals surface area contributed by atoms with Crippen LogP contribution in [0.25, 0.3) is 0 Å². The van der Waals surface area contributed by atoms with Gasteiger partial charge in [-0.3, -0.25) is 4.90 Å². The van der Waals surface area contributed by atoms with Crippen LogP contribution in [0.4, 0.5) is 5.69 Å². The molecule has 0 bridgehead atoms. The van der Waals surface area contributed by atoms with Gasteiger partial charge in [-0.15, -0.1) is 0 Å². The fourth-order valence-corrected chi connectivity index (χ4v) is 2.64. The smallest absolute Gasteiger partial charge is 0.0791 e. The predicted molar refractivity (Wildman–Crippen MR) is 80.0 cm³/mol. The molecule has 0 spiro atoms. The third kappa shape index (κ3) is 4.35. The number of aliphatic hydroxyl groups excluding tert-OH is 1. The van der Waals surface area contributed by atoms with Crippen molar-refractivity contribution in [1.29, 1.82) is 0 Å². The summed E-state index contributed by atoms with van der Waals surface area (Å²) in [6.07, 6.45) is -0.289. The highest BCUT2D eigenvalue weighted by atomic mass is 35.5. The molecule has 2 rings (SSSR count). The molecule has 106 valence electrons. The zero-order valence-corrected chi connectivity index (χ0v) is 12.1. The molecule has 0 radical (unpaired) electrons. The van der Waals surface area contributed by atoms with Crippen LogP contribution in [0, 0.1) is 0 Å². The Morgan fingerprint density at radius 2 is 2.05 bits per heavy atom. The largest absolute Gasteiger partial charge is 0.390 e. The van der Waals surface area contributed by atoms with Crippen molar-refractivity contribution >= 4 is 17.3 Å². The third-order valence-electron chi connectivity index (χ3n) is 3.45. The Kier molecular flexibility index (Phi) is 5.45. The maximum Gasteiger partial charge on any atom is 0.0791 e. The average Bonchev–Trinajstić information content (AvgIpc) is 2.40. The first kappa shape index (κ1) is 14.6. The number of β-amino-alcohol motifs (C(OH)–C–C–N with tert-alkyl or cyclic N) is 1. The van der Waals surface area contributed by atoms with Crippen molar-refractivity contribution in [3.63, 3.8) is 0 Å². The molecule has 1 unspecified atom stereocenters. The van der Waals surface area contributed by atoms with Gasteiger partial charge in [0.2, 0.25) is 0 Å². The van der Waals surface area contributed by atoms with Gasteiger partial charge in [0.15, 0.2) is 0 Å². The lowest BCUT2D eigenvalue weighted by Gasteiger charge is -2.37. The van der Waals surface area contributed by atoms with Crippen molar-refractivity contribution in [1.82, 2.24) is 10.2 Å². The van der Waals surface area contributed by atoms with Gasteiger partial charge in [0.05, 0.1) is 6.10 Å². The lowest BCUT2D eigenvalue weighted by atomic mass is 10.2. The van der Waals surface area contributed by atoms with Gasteiger partial charge in [-0.1, -0.05) is 17.7 Å². The molecule has 1 aliphatic heterocycles. The molecule has 0 aromatic heterocycles. The van der Waals surface area contributed by atoms with Gasteiger partial charge in [0, 0.05) is 50.0 Å². The maximum atomic E-state index is 9.79. The Balaban J connectivity index is 1.82. The minimum atomic E-state index is -0.289. The number of benzene rings is 1. The Bertz CT molecular complexity index is 394. The van der Waals surface area contributed by atoms with Gasteiger partial charge in [-0.25, -0.2) is 0 Å². The van der Waals surface area contributed by atoms with Crippen LogP contribution in [0.15, 0.2) is 24.3 Å². The lowest BCUT2D eigenvalue weighted by molar-refractivity contribution is 0.109. The lowest BCUT2D eigenvalue weighted by Crippen LogP contribution is -2.49. The van der Waals surface area contributed by atoms with E-state index in [0.29, 0.717) is 6.54 Å². The number of nitrogens with one attached hydrogen (secondary N) is 1. The molecule has 0 aliphatic carbocycles. The van der Waals surface area contributed by atoms with Gasteiger partial charge < -0.3 is 15.3 Å². The summed E-state index contributed by atoms with van der Waals surface area (Å²) in [5, 5.41) is 13.6. The topological polar surface area (TPSA) is 38.7 Å². The summed E-state index contributed by atoms with van der Waals surface area (Å²) in [6, 6.07) is 7.99. The van der Waals surface area contributed by atoms with Crippen LogP contribution in [0.5, 0.6) is 0 Å². The molecule has 0 amide bonds. The van der Waals surface area contributed by atoms with E-state index in [-0.39, 0.29) is 6.10 Å². The third-order valence-corrected chi connectivity index (χ3v) is 3.69. The van der Waals surface area contributed by atoms with E-state index in [1.54, 1.807) is 0 Å². The molecule has 19 heavy (non-hydrogen) atoms. The van der Waals surface area contributed by atoms with Crippen molar-refractivity contribution in [2.24, 2.45) is 0 Å². The van der Waals surface area contributed by atoms with Crippen molar-refractivity contribution < 1.29 is 5.11 Å². The highest BCUT2D eigenvalue weighted by Crippen LogP contribution is 2.20. The van der Waals surface area contributed by atoms with Crippen molar-refractivity contribution in [3.8, 4) is 0 Å². The fraction of sp³-hybridized carbons (Fsp3) is 0.571. The van der Waals surface area contributed by atoms with E-state index in [2.05, 4.69) is 21.2 Å². The number of likely N-dealkylation sites (N-methyl/N-ethyl adjacent to an activating group) is 1. The molecule has 1 aliphatic rings. The van der Waals surface area contributed by atoms with Crippen molar-refractivity contribution in [3.05, 3.63) is 29.3 Å². The minimum Gasteiger partial charge on any atom is -0.390 e. The second-order valence-electron chi connectivity index (χ2n) is 4.98. The Labute approximate surface area is 120 Å². The summed E-state index contributed by atoms with van der Waals surface area (Å²) in [5.41, 5.74) is 1.18. The van der Waals surface area contributed by atoms with Crippen LogP contribution >= 0.6 is 11.6 Å². The number of hydrogen-bond acceptors (Lipinski definition) is 4. The van der Waals surface area contributed by atoms with Crippen LogP contribution in [0.1, 0.15) is 0 Å². The minimum absolute atomic E-state index is 0.289. The van der Waals surface area contributed by atoms with E-state index < -0.39 is 0 Å². The molecule has 1 heterocycles.